The van der Waals surface area contributed by atoms with E-state index in [1.54, 1.807) is 0 Å². The predicted octanol–water partition coefficient (Wildman–Crippen LogP) is 7.59. The maximum Gasteiger partial charge on any atom is 0.208 e. The number of hydrogen-bond donors (Lipinski definition) is 0. The summed E-state index contributed by atoms with van der Waals surface area (Å²) < 4.78 is 5.69. The summed E-state index contributed by atoms with van der Waals surface area (Å²) in [6, 6.07) is 0.324. The molecule has 0 spiro atoms. The van der Waals surface area contributed by atoms with Crippen LogP contribution in [0.5, 0.6) is 0 Å². The lowest BCUT2D eigenvalue weighted by Gasteiger charge is -2.06. The Balaban J connectivity index is 2.31. The van der Waals surface area contributed by atoms with Crippen molar-refractivity contribution in [2.45, 2.75) is 93.0 Å². The van der Waals surface area contributed by atoms with Crippen LogP contribution in [0.1, 0.15) is 87.0 Å². The summed E-state index contributed by atoms with van der Waals surface area (Å²) in [7, 11) is 0. The molecule has 1 rings (SSSR count). The summed E-state index contributed by atoms with van der Waals surface area (Å²) >= 11 is 0. The van der Waals surface area contributed by atoms with Crippen LogP contribution in [0.25, 0.3) is 0 Å². The minimum Gasteiger partial charge on any atom is -0.476 e. The first-order valence-electron chi connectivity index (χ1n) is 10.6. The van der Waals surface area contributed by atoms with Gasteiger partial charge in [-0.15, -0.1) is 0 Å². The molecule has 0 unspecified atom stereocenters. The van der Waals surface area contributed by atoms with Crippen LogP contribution in [-0.4, -0.2) is 18.5 Å². The number of aliphatic imine (C=N–C) groups is 1. The van der Waals surface area contributed by atoms with Crippen molar-refractivity contribution in [2.24, 2.45) is 10.9 Å². The molecule has 2 heteroatoms. The maximum absolute atomic E-state index is 5.69. The van der Waals surface area contributed by atoms with Crippen molar-refractivity contribution >= 4 is 5.90 Å². The molecule has 0 bridgehead atoms. The van der Waals surface area contributed by atoms with E-state index in [-0.39, 0.29) is 0 Å². The Kier molecular flexibility index (Phi) is 11.1. The van der Waals surface area contributed by atoms with Gasteiger partial charge in [0.15, 0.2) is 0 Å². The van der Waals surface area contributed by atoms with Crippen LogP contribution in [0.2, 0.25) is 0 Å². The Morgan fingerprint density at radius 1 is 0.889 bits per heavy atom. The SMILES string of the molecule is CC(C)=CCCC(C)=CCCC(C)=CCCC(C)=CC1=N[C@H](C(C)C)CO1. The van der Waals surface area contributed by atoms with E-state index in [1.165, 1.54) is 28.7 Å². The van der Waals surface area contributed by atoms with Gasteiger partial charge in [0.2, 0.25) is 5.90 Å². The fourth-order valence-corrected chi connectivity index (χ4v) is 3.00. The van der Waals surface area contributed by atoms with E-state index in [9.17, 15) is 0 Å². The molecule has 0 aliphatic carbocycles. The largest absolute Gasteiger partial charge is 0.476 e. The van der Waals surface area contributed by atoms with E-state index in [4.69, 9.17) is 4.74 Å². The molecule has 27 heavy (non-hydrogen) atoms. The van der Waals surface area contributed by atoms with E-state index in [0.717, 1.165) is 44.6 Å². The van der Waals surface area contributed by atoms with Crippen molar-refractivity contribution in [1.82, 2.24) is 0 Å². The van der Waals surface area contributed by atoms with Gasteiger partial charge in [-0.2, -0.15) is 0 Å². The zero-order chi connectivity index (χ0) is 20.2. The third-order valence-electron chi connectivity index (χ3n) is 4.99. The molecule has 0 aromatic carbocycles. The Bertz CT molecular complexity index is 598. The molecule has 2 nitrogen and oxygen atoms in total. The molecular weight excluding hydrogens is 330 g/mol. The first-order chi connectivity index (χ1) is 12.8. The molecule has 0 N–H and O–H groups in total. The van der Waals surface area contributed by atoms with Crippen LogP contribution in [0.3, 0.4) is 0 Å². The second-order valence-corrected chi connectivity index (χ2v) is 8.58. The highest BCUT2D eigenvalue weighted by Crippen LogP contribution is 2.17. The second kappa shape index (κ2) is 12.8. The van der Waals surface area contributed by atoms with Gasteiger partial charge in [-0.1, -0.05) is 54.4 Å². The average Bonchev–Trinajstić information content (AvgIpc) is 3.03. The van der Waals surface area contributed by atoms with Crippen molar-refractivity contribution in [3.8, 4) is 0 Å². The molecule has 0 aromatic rings. The van der Waals surface area contributed by atoms with Crippen molar-refractivity contribution in [1.29, 1.82) is 0 Å². The zero-order valence-electron chi connectivity index (χ0n) is 18.8. The number of hydrogen-bond acceptors (Lipinski definition) is 2. The molecular formula is C25H41NO. The van der Waals surface area contributed by atoms with Crippen molar-refractivity contribution in [3.63, 3.8) is 0 Å². The smallest absolute Gasteiger partial charge is 0.208 e. The molecule has 0 radical (unpaired) electrons. The summed E-state index contributed by atoms with van der Waals surface area (Å²) in [5, 5.41) is 0. The Morgan fingerprint density at radius 3 is 1.89 bits per heavy atom. The summed E-state index contributed by atoms with van der Waals surface area (Å²) in [6.45, 7) is 16.1. The summed E-state index contributed by atoms with van der Waals surface area (Å²) in [5.74, 6) is 1.37. The molecule has 0 saturated heterocycles. The van der Waals surface area contributed by atoms with Gasteiger partial charge in [-0.3, -0.25) is 0 Å². The van der Waals surface area contributed by atoms with Crippen LogP contribution in [0, 0.1) is 5.92 Å². The predicted molar refractivity (Wildman–Crippen MR) is 120 cm³/mol. The van der Waals surface area contributed by atoms with Crippen LogP contribution in [0.4, 0.5) is 0 Å². The van der Waals surface area contributed by atoms with Crippen molar-refractivity contribution in [3.05, 3.63) is 46.6 Å². The van der Waals surface area contributed by atoms with Gasteiger partial charge in [0, 0.05) is 0 Å². The van der Waals surface area contributed by atoms with E-state index >= 15 is 0 Å². The van der Waals surface area contributed by atoms with Crippen molar-refractivity contribution in [2.75, 3.05) is 6.61 Å². The summed E-state index contributed by atoms with van der Waals surface area (Å²) in [6.07, 6.45) is 16.1. The molecule has 152 valence electrons. The Hall–Kier alpha value is -1.57. The van der Waals surface area contributed by atoms with Crippen LogP contribution in [-0.2, 0) is 4.74 Å². The molecule has 1 aliphatic rings. The highest BCUT2D eigenvalue weighted by Gasteiger charge is 2.20. The Labute approximate surface area is 168 Å². The van der Waals surface area contributed by atoms with Gasteiger partial charge in [-0.05, 0) is 85.1 Å². The van der Waals surface area contributed by atoms with Crippen LogP contribution in [0.15, 0.2) is 51.6 Å². The van der Waals surface area contributed by atoms with Gasteiger partial charge in [-0.25, -0.2) is 4.99 Å². The van der Waals surface area contributed by atoms with E-state index in [0.29, 0.717) is 12.0 Å². The monoisotopic (exact) mass is 371 g/mol. The fraction of sp³-hybridized carbons (Fsp3) is 0.640. The van der Waals surface area contributed by atoms with E-state index in [1.807, 2.05) is 0 Å². The quantitative estimate of drug-likeness (QED) is 0.343. The zero-order valence-corrected chi connectivity index (χ0v) is 18.8. The number of rotatable bonds is 11. The van der Waals surface area contributed by atoms with E-state index in [2.05, 4.69) is 77.8 Å². The Morgan fingerprint density at radius 2 is 1.41 bits per heavy atom. The van der Waals surface area contributed by atoms with Crippen LogP contribution < -0.4 is 0 Å². The summed E-state index contributed by atoms with van der Waals surface area (Å²) in [5.41, 5.74) is 5.76. The first kappa shape index (κ1) is 23.5. The molecule has 0 amide bonds. The fourth-order valence-electron chi connectivity index (χ4n) is 3.00. The highest BCUT2D eigenvalue weighted by molar-refractivity contribution is 5.89. The molecule has 0 fully saturated rings. The number of allylic oxidation sites excluding steroid dienone is 7. The maximum atomic E-state index is 5.69. The third kappa shape index (κ3) is 11.0. The molecule has 1 aliphatic heterocycles. The lowest BCUT2D eigenvalue weighted by molar-refractivity contribution is 0.292. The minimum atomic E-state index is 0.324. The molecule has 0 saturated carbocycles. The number of ether oxygens (including phenoxy) is 1. The van der Waals surface area contributed by atoms with Crippen molar-refractivity contribution < 1.29 is 4.74 Å². The third-order valence-corrected chi connectivity index (χ3v) is 4.99. The summed E-state index contributed by atoms with van der Waals surface area (Å²) in [4.78, 5) is 4.65. The van der Waals surface area contributed by atoms with Crippen LogP contribution >= 0.6 is 0 Å². The standard InChI is InChI=1S/C25H41NO/c1-19(2)11-8-12-21(5)13-9-14-22(6)15-10-16-23(7)17-25-26-24(18-27-25)20(3)4/h11,13,15,17,20,24H,8-10,12,14,16,18H2,1-7H3/t24-/m0/s1. The minimum absolute atomic E-state index is 0.324. The van der Waals surface area contributed by atoms with Gasteiger partial charge in [0.25, 0.3) is 0 Å². The second-order valence-electron chi connectivity index (χ2n) is 8.58. The topological polar surface area (TPSA) is 21.6 Å². The lowest BCUT2D eigenvalue weighted by atomic mass is 10.0. The lowest BCUT2D eigenvalue weighted by Crippen LogP contribution is -2.13. The van der Waals surface area contributed by atoms with Gasteiger partial charge in [0.1, 0.15) is 6.61 Å². The van der Waals surface area contributed by atoms with Gasteiger partial charge >= 0.3 is 0 Å². The first-order valence-corrected chi connectivity index (χ1v) is 10.6. The van der Waals surface area contributed by atoms with E-state index < -0.39 is 0 Å². The molecule has 0 aromatic heterocycles. The molecule has 1 atom stereocenters. The van der Waals surface area contributed by atoms with Gasteiger partial charge in [0.05, 0.1) is 6.04 Å². The average molecular weight is 372 g/mol. The van der Waals surface area contributed by atoms with Gasteiger partial charge < -0.3 is 4.74 Å². The molecule has 1 heterocycles. The highest BCUT2D eigenvalue weighted by atomic mass is 16.5. The normalized spacial score (nSPS) is 18.6. The number of nitrogens with zero attached hydrogens (tertiary/aromatic N) is 1.